The van der Waals surface area contributed by atoms with Crippen LogP contribution in [0.5, 0.6) is 0 Å². The second-order valence-corrected chi connectivity index (χ2v) is 3.76. The lowest BCUT2D eigenvalue weighted by Gasteiger charge is -2.10. The lowest BCUT2D eigenvalue weighted by Crippen LogP contribution is -2.38. The zero-order chi connectivity index (χ0) is 10.9. The Morgan fingerprint density at radius 2 is 2.31 bits per heavy atom. The van der Waals surface area contributed by atoms with E-state index < -0.39 is 0 Å². The third kappa shape index (κ3) is 6.29. The molecule has 2 N–H and O–H groups in total. The fraction of sp³-hybridized carbons (Fsp3) is 0.500. The lowest BCUT2D eigenvalue weighted by molar-refractivity contribution is 0.203. The van der Waals surface area contributed by atoms with Crippen LogP contribution < -0.4 is 10.6 Å². The summed E-state index contributed by atoms with van der Waals surface area (Å²) in [6.07, 6.45) is 0. The van der Waals surface area contributed by atoms with Crippen LogP contribution in [0.2, 0.25) is 0 Å². The van der Waals surface area contributed by atoms with Crippen molar-refractivity contribution < 1.29 is 4.74 Å². The second-order valence-electron chi connectivity index (χ2n) is 2.98. The third-order valence-corrected chi connectivity index (χ3v) is 2.59. The van der Waals surface area contributed by atoms with E-state index in [0.29, 0.717) is 6.61 Å². The molecule has 0 aliphatic heterocycles. The summed E-state index contributed by atoms with van der Waals surface area (Å²) in [7, 11) is 3.44. The molecule has 0 bridgehead atoms. The van der Waals surface area contributed by atoms with E-state index in [-0.39, 0.29) is 24.0 Å². The zero-order valence-corrected chi connectivity index (χ0v) is 12.7. The van der Waals surface area contributed by atoms with E-state index >= 15 is 0 Å². The minimum atomic E-state index is 0. The molecule has 0 spiro atoms. The molecule has 6 heteroatoms. The Balaban J connectivity index is 0.00000225. The quantitative estimate of drug-likeness (QED) is 0.366. The first-order chi connectivity index (χ1) is 7.36. The van der Waals surface area contributed by atoms with Gasteiger partial charge in [-0.2, -0.15) is 11.3 Å². The van der Waals surface area contributed by atoms with Gasteiger partial charge in [0.2, 0.25) is 0 Å². The topological polar surface area (TPSA) is 45.7 Å². The van der Waals surface area contributed by atoms with Crippen LogP contribution in [0, 0.1) is 0 Å². The van der Waals surface area contributed by atoms with E-state index in [9.17, 15) is 0 Å². The van der Waals surface area contributed by atoms with Gasteiger partial charge in [-0.1, -0.05) is 0 Å². The van der Waals surface area contributed by atoms with Gasteiger partial charge in [-0.15, -0.1) is 24.0 Å². The molecule has 0 amide bonds. The number of halogens is 1. The average molecular weight is 355 g/mol. The summed E-state index contributed by atoms with van der Waals surface area (Å²) in [6, 6.07) is 2.10. The van der Waals surface area contributed by atoms with Gasteiger partial charge in [0.05, 0.1) is 6.61 Å². The molecule has 0 saturated carbocycles. The predicted octanol–water partition coefficient (Wildman–Crippen LogP) is 1.68. The zero-order valence-electron chi connectivity index (χ0n) is 9.53. The van der Waals surface area contributed by atoms with Crippen molar-refractivity contribution in [1.82, 2.24) is 10.6 Å². The van der Waals surface area contributed by atoms with Crippen molar-refractivity contribution in [3.63, 3.8) is 0 Å². The molecule has 0 aliphatic carbocycles. The predicted molar refractivity (Wildman–Crippen MR) is 79.8 cm³/mol. The van der Waals surface area contributed by atoms with Crippen molar-refractivity contribution in [2.45, 2.75) is 6.54 Å². The van der Waals surface area contributed by atoms with E-state index in [1.807, 2.05) is 0 Å². The second kappa shape index (κ2) is 9.86. The number of aliphatic imine (C=N–C) groups is 1. The average Bonchev–Trinajstić information content (AvgIpc) is 2.76. The summed E-state index contributed by atoms with van der Waals surface area (Å²) < 4.78 is 4.94. The summed E-state index contributed by atoms with van der Waals surface area (Å²) in [5, 5.41) is 10.6. The van der Waals surface area contributed by atoms with E-state index in [1.165, 1.54) is 5.56 Å². The summed E-state index contributed by atoms with van der Waals surface area (Å²) in [5.74, 6) is 0.804. The monoisotopic (exact) mass is 355 g/mol. The summed E-state index contributed by atoms with van der Waals surface area (Å²) >= 11 is 1.70. The Hall–Kier alpha value is -0.340. The highest BCUT2D eigenvalue weighted by Crippen LogP contribution is 2.04. The molecule has 0 radical (unpaired) electrons. The Bertz CT molecular complexity index is 290. The Labute approximate surface area is 118 Å². The van der Waals surface area contributed by atoms with Gasteiger partial charge in [0.25, 0.3) is 0 Å². The van der Waals surface area contributed by atoms with Crippen LogP contribution in [0.15, 0.2) is 21.8 Å². The fourth-order valence-electron chi connectivity index (χ4n) is 1.07. The normalized spacial score (nSPS) is 10.8. The van der Waals surface area contributed by atoms with Crippen molar-refractivity contribution in [3.8, 4) is 0 Å². The molecule has 0 aromatic carbocycles. The molecule has 92 valence electrons. The molecule has 1 aromatic heterocycles. The van der Waals surface area contributed by atoms with Crippen LogP contribution in [0.4, 0.5) is 0 Å². The van der Waals surface area contributed by atoms with Gasteiger partial charge in [0.15, 0.2) is 5.96 Å². The number of nitrogens with one attached hydrogen (secondary N) is 2. The van der Waals surface area contributed by atoms with Gasteiger partial charge < -0.3 is 15.4 Å². The molecule has 16 heavy (non-hydrogen) atoms. The minimum absolute atomic E-state index is 0. The molecule has 4 nitrogen and oxygen atoms in total. The van der Waals surface area contributed by atoms with Crippen LogP contribution >= 0.6 is 35.3 Å². The van der Waals surface area contributed by atoms with Gasteiger partial charge in [0.1, 0.15) is 0 Å². The van der Waals surface area contributed by atoms with Crippen LogP contribution in [0.3, 0.4) is 0 Å². The van der Waals surface area contributed by atoms with Gasteiger partial charge in [-0.25, -0.2) is 0 Å². The van der Waals surface area contributed by atoms with Crippen LogP contribution in [-0.4, -0.2) is 33.3 Å². The number of rotatable bonds is 5. The van der Waals surface area contributed by atoms with Crippen LogP contribution in [0.1, 0.15) is 5.56 Å². The molecule has 0 atom stereocenters. The number of ether oxygens (including phenoxy) is 1. The molecule has 0 fully saturated rings. The van der Waals surface area contributed by atoms with Crippen LogP contribution in [-0.2, 0) is 11.3 Å². The first-order valence-corrected chi connectivity index (χ1v) is 5.75. The van der Waals surface area contributed by atoms with E-state index in [4.69, 9.17) is 4.74 Å². The Morgan fingerprint density at radius 3 is 2.88 bits per heavy atom. The van der Waals surface area contributed by atoms with Gasteiger partial charge in [-0.3, -0.25) is 4.99 Å². The summed E-state index contributed by atoms with van der Waals surface area (Å²) in [5.41, 5.74) is 1.27. The molecule has 1 aromatic rings. The smallest absolute Gasteiger partial charge is 0.191 e. The fourth-order valence-corrected chi connectivity index (χ4v) is 1.74. The molecule has 1 heterocycles. The molecule has 0 aliphatic rings. The number of hydrogen-bond acceptors (Lipinski definition) is 3. The van der Waals surface area contributed by atoms with E-state index in [2.05, 4.69) is 32.5 Å². The minimum Gasteiger partial charge on any atom is -0.383 e. The standard InChI is InChI=1S/C10H17N3OS.HI/c1-11-10(12-4-5-14-2)13-7-9-3-6-15-8-9;/h3,6,8H,4-5,7H2,1-2H3,(H2,11,12,13);1H. The molecule has 0 unspecified atom stereocenters. The van der Waals surface area contributed by atoms with Crippen molar-refractivity contribution in [2.75, 3.05) is 27.3 Å². The maximum Gasteiger partial charge on any atom is 0.191 e. The van der Waals surface area contributed by atoms with Crippen molar-refractivity contribution in [2.24, 2.45) is 4.99 Å². The van der Waals surface area contributed by atoms with Crippen molar-refractivity contribution in [3.05, 3.63) is 22.4 Å². The number of methoxy groups -OCH3 is 1. The SMILES string of the molecule is CN=C(NCCOC)NCc1ccsc1.I. The van der Waals surface area contributed by atoms with Gasteiger partial charge in [-0.05, 0) is 22.4 Å². The third-order valence-electron chi connectivity index (χ3n) is 1.86. The number of guanidine groups is 1. The number of nitrogens with zero attached hydrogens (tertiary/aromatic N) is 1. The van der Waals surface area contributed by atoms with E-state index in [0.717, 1.165) is 19.0 Å². The molecule has 1 rings (SSSR count). The molecular formula is C10H18IN3OS. The highest BCUT2D eigenvalue weighted by molar-refractivity contribution is 14.0. The largest absolute Gasteiger partial charge is 0.383 e. The summed E-state index contributed by atoms with van der Waals surface area (Å²) in [4.78, 5) is 4.10. The Morgan fingerprint density at radius 1 is 1.50 bits per heavy atom. The van der Waals surface area contributed by atoms with Gasteiger partial charge in [0, 0.05) is 27.2 Å². The van der Waals surface area contributed by atoms with Crippen LogP contribution in [0.25, 0.3) is 0 Å². The van der Waals surface area contributed by atoms with Gasteiger partial charge >= 0.3 is 0 Å². The van der Waals surface area contributed by atoms with Crippen molar-refractivity contribution in [1.29, 1.82) is 0 Å². The summed E-state index contributed by atoms with van der Waals surface area (Å²) in [6.45, 7) is 2.25. The lowest BCUT2D eigenvalue weighted by atomic mass is 10.3. The molecular weight excluding hydrogens is 337 g/mol. The maximum atomic E-state index is 4.94. The highest BCUT2D eigenvalue weighted by Gasteiger charge is 1.97. The van der Waals surface area contributed by atoms with Crippen molar-refractivity contribution >= 4 is 41.3 Å². The van der Waals surface area contributed by atoms with E-state index in [1.54, 1.807) is 25.5 Å². The first-order valence-electron chi connectivity index (χ1n) is 4.81. The highest BCUT2D eigenvalue weighted by atomic mass is 127. The maximum absolute atomic E-state index is 4.94. The Kier molecular flexibility index (Phi) is 9.65. The first kappa shape index (κ1) is 15.7. The number of thiophene rings is 1. The molecule has 0 saturated heterocycles. The number of hydrogen-bond donors (Lipinski definition) is 2.